The van der Waals surface area contributed by atoms with Crippen molar-refractivity contribution in [2.75, 3.05) is 20.2 Å². The van der Waals surface area contributed by atoms with Crippen LogP contribution in [0.2, 0.25) is 0 Å². The normalized spacial score (nSPS) is 22.0. The van der Waals surface area contributed by atoms with E-state index in [0.717, 1.165) is 25.7 Å². The Hall–Kier alpha value is -0.610. The Balaban J connectivity index is 2.39. The van der Waals surface area contributed by atoms with Crippen LogP contribution in [0.5, 0.6) is 0 Å². The first-order chi connectivity index (χ1) is 8.60. The van der Waals surface area contributed by atoms with Crippen molar-refractivity contribution >= 4 is 5.97 Å². The third-order valence-electron chi connectivity index (χ3n) is 4.29. The number of nitrogens with one attached hydrogen (secondary N) is 1. The molecule has 0 aromatic rings. The summed E-state index contributed by atoms with van der Waals surface area (Å²) in [5, 5.41) is 13.7. The minimum Gasteiger partial charge on any atom is -0.469 e. The van der Waals surface area contributed by atoms with E-state index < -0.39 is 11.0 Å². The number of aliphatic hydroxyl groups is 1. The third-order valence-corrected chi connectivity index (χ3v) is 4.29. The molecule has 112 valence electrons. The number of ether oxygens (including phenoxy) is 1. The highest BCUT2D eigenvalue weighted by molar-refractivity contribution is 5.76. The average Bonchev–Trinajstić information content (AvgIpc) is 2.32. The summed E-state index contributed by atoms with van der Waals surface area (Å²) < 4.78 is 4.77. The van der Waals surface area contributed by atoms with Gasteiger partial charge in [-0.05, 0) is 44.9 Å². The lowest BCUT2D eigenvalue weighted by Crippen LogP contribution is -2.48. The largest absolute Gasteiger partial charge is 0.469 e. The molecular weight excluding hydrogens is 242 g/mol. The number of hydrogen-bond donors (Lipinski definition) is 2. The first kappa shape index (κ1) is 16.4. The second kappa shape index (κ2) is 5.80. The Bertz CT molecular complexity index is 313. The molecule has 2 N–H and O–H groups in total. The highest BCUT2D eigenvalue weighted by atomic mass is 16.5. The number of methoxy groups -OCH3 is 1. The number of carbonyl (C=O) groups is 1. The van der Waals surface area contributed by atoms with Gasteiger partial charge >= 0.3 is 5.97 Å². The van der Waals surface area contributed by atoms with Crippen molar-refractivity contribution in [2.45, 2.75) is 59.0 Å². The maximum atomic E-state index is 11.6. The van der Waals surface area contributed by atoms with Crippen LogP contribution in [0, 0.1) is 10.8 Å². The maximum absolute atomic E-state index is 11.6. The van der Waals surface area contributed by atoms with Crippen molar-refractivity contribution in [3.05, 3.63) is 0 Å². The van der Waals surface area contributed by atoms with E-state index in [9.17, 15) is 9.90 Å². The van der Waals surface area contributed by atoms with E-state index in [4.69, 9.17) is 4.74 Å². The lowest BCUT2D eigenvalue weighted by Gasteiger charge is -2.40. The van der Waals surface area contributed by atoms with Crippen molar-refractivity contribution in [3.8, 4) is 0 Å². The molecule has 1 fully saturated rings. The van der Waals surface area contributed by atoms with Crippen molar-refractivity contribution in [2.24, 2.45) is 10.8 Å². The average molecular weight is 271 g/mol. The van der Waals surface area contributed by atoms with E-state index in [1.807, 2.05) is 13.8 Å². The molecule has 4 nitrogen and oxygen atoms in total. The van der Waals surface area contributed by atoms with Gasteiger partial charge in [0.15, 0.2) is 0 Å². The molecule has 19 heavy (non-hydrogen) atoms. The lowest BCUT2D eigenvalue weighted by atomic mass is 9.71. The van der Waals surface area contributed by atoms with E-state index in [2.05, 4.69) is 19.2 Å². The molecule has 0 heterocycles. The van der Waals surface area contributed by atoms with Crippen LogP contribution in [0.15, 0.2) is 0 Å². The van der Waals surface area contributed by atoms with Gasteiger partial charge in [0.05, 0.1) is 18.1 Å². The van der Waals surface area contributed by atoms with Crippen LogP contribution in [-0.4, -0.2) is 36.9 Å². The zero-order valence-electron chi connectivity index (χ0n) is 13.0. The SMILES string of the molecule is COC(=O)C(C)(C)CNCC1(O)CCC(C)(C)CC1. The Morgan fingerprint density at radius 1 is 1.26 bits per heavy atom. The molecule has 1 rings (SSSR count). The van der Waals surface area contributed by atoms with Gasteiger partial charge in [-0.25, -0.2) is 0 Å². The topological polar surface area (TPSA) is 58.6 Å². The number of carbonyl (C=O) groups excluding carboxylic acids is 1. The molecule has 0 unspecified atom stereocenters. The quantitative estimate of drug-likeness (QED) is 0.752. The molecule has 4 heteroatoms. The predicted octanol–water partition coefficient (Wildman–Crippen LogP) is 2.11. The molecule has 1 saturated carbocycles. The van der Waals surface area contributed by atoms with Crippen LogP contribution >= 0.6 is 0 Å². The Morgan fingerprint density at radius 3 is 2.26 bits per heavy atom. The van der Waals surface area contributed by atoms with Gasteiger partial charge in [0, 0.05) is 13.1 Å². The van der Waals surface area contributed by atoms with Gasteiger partial charge in [-0.1, -0.05) is 13.8 Å². The number of rotatable bonds is 5. The van der Waals surface area contributed by atoms with Crippen molar-refractivity contribution in [1.82, 2.24) is 5.32 Å². The van der Waals surface area contributed by atoms with Gasteiger partial charge in [-0.3, -0.25) is 4.79 Å². The maximum Gasteiger partial charge on any atom is 0.312 e. The summed E-state index contributed by atoms with van der Waals surface area (Å²) in [6.45, 7) is 9.26. The van der Waals surface area contributed by atoms with Gasteiger partial charge in [0.2, 0.25) is 0 Å². The van der Waals surface area contributed by atoms with E-state index in [1.54, 1.807) is 0 Å². The summed E-state index contributed by atoms with van der Waals surface area (Å²) in [6, 6.07) is 0. The molecule has 0 saturated heterocycles. The van der Waals surface area contributed by atoms with Gasteiger partial charge < -0.3 is 15.2 Å². The molecule has 0 spiro atoms. The summed E-state index contributed by atoms with van der Waals surface area (Å²) in [4.78, 5) is 11.6. The van der Waals surface area contributed by atoms with E-state index in [1.165, 1.54) is 7.11 Å². The Kier molecular flexibility index (Phi) is 5.02. The van der Waals surface area contributed by atoms with Crippen LogP contribution in [0.1, 0.15) is 53.4 Å². The summed E-state index contributed by atoms with van der Waals surface area (Å²) in [6.07, 6.45) is 3.74. The molecule has 1 aliphatic carbocycles. The smallest absolute Gasteiger partial charge is 0.312 e. The fourth-order valence-corrected chi connectivity index (χ4v) is 2.53. The molecule has 0 bridgehead atoms. The highest BCUT2D eigenvalue weighted by Gasteiger charge is 2.37. The fourth-order valence-electron chi connectivity index (χ4n) is 2.53. The number of hydrogen-bond acceptors (Lipinski definition) is 4. The summed E-state index contributed by atoms with van der Waals surface area (Å²) in [5.74, 6) is -0.225. The zero-order valence-corrected chi connectivity index (χ0v) is 13.0. The third kappa shape index (κ3) is 4.77. The summed E-state index contributed by atoms with van der Waals surface area (Å²) in [7, 11) is 1.40. The zero-order chi connectivity index (χ0) is 14.7. The summed E-state index contributed by atoms with van der Waals surface area (Å²) in [5.41, 5.74) is -0.835. The highest BCUT2D eigenvalue weighted by Crippen LogP contribution is 2.39. The molecular formula is C15H29NO3. The second-order valence-corrected chi connectivity index (χ2v) is 7.37. The monoisotopic (exact) mass is 271 g/mol. The minimum absolute atomic E-state index is 0.225. The predicted molar refractivity (Wildman–Crippen MR) is 75.9 cm³/mol. The van der Waals surface area contributed by atoms with Crippen LogP contribution in [-0.2, 0) is 9.53 Å². The minimum atomic E-state index is -0.623. The van der Waals surface area contributed by atoms with E-state index in [-0.39, 0.29) is 5.97 Å². The van der Waals surface area contributed by atoms with E-state index in [0.29, 0.717) is 18.5 Å². The van der Waals surface area contributed by atoms with Gasteiger partial charge in [0.1, 0.15) is 0 Å². The Morgan fingerprint density at radius 2 is 1.79 bits per heavy atom. The Labute approximate surface area is 116 Å². The molecule has 0 atom stereocenters. The fraction of sp³-hybridized carbons (Fsp3) is 0.933. The van der Waals surface area contributed by atoms with Crippen LogP contribution in [0.3, 0.4) is 0 Å². The van der Waals surface area contributed by atoms with Crippen LogP contribution < -0.4 is 5.32 Å². The molecule has 0 aromatic heterocycles. The first-order valence-electron chi connectivity index (χ1n) is 7.12. The molecule has 1 aliphatic rings. The molecule has 0 amide bonds. The van der Waals surface area contributed by atoms with Crippen molar-refractivity contribution in [3.63, 3.8) is 0 Å². The molecule has 0 aliphatic heterocycles. The van der Waals surface area contributed by atoms with Gasteiger partial charge in [-0.2, -0.15) is 0 Å². The second-order valence-electron chi connectivity index (χ2n) is 7.37. The first-order valence-corrected chi connectivity index (χ1v) is 7.12. The van der Waals surface area contributed by atoms with Gasteiger partial charge in [0.25, 0.3) is 0 Å². The van der Waals surface area contributed by atoms with E-state index >= 15 is 0 Å². The van der Waals surface area contributed by atoms with Gasteiger partial charge in [-0.15, -0.1) is 0 Å². The van der Waals surface area contributed by atoms with Crippen LogP contribution in [0.25, 0.3) is 0 Å². The molecule has 0 radical (unpaired) electrons. The molecule has 0 aromatic carbocycles. The van der Waals surface area contributed by atoms with Crippen molar-refractivity contribution in [1.29, 1.82) is 0 Å². The lowest BCUT2D eigenvalue weighted by molar-refractivity contribution is -0.150. The number of esters is 1. The standard InChI is InChI=1S/C15H29NO3/c1-13(2)6-8-15(18,9-7-13)11-16-10-14(3,4)12(17)19-5/h16,18H,6-11H2,1-5H3. The summed E-state index contributed by atoms with van der Waals surface area (Å²) >= 11 is 0. The van der Waals surface area contributed by atoms with Crippen LogP contribution in [0.4, 0.5) is 0 Å². The van der Waals surface area contributed by atoms with Crippen molar-refractivity contribution < 1.29 is 14.6 Å².